The lowest BCUT2D eigenvalue weighted by atomic mass is 10.1. The molecule has 0 radical (unpaired) electrons. The number of morpholine rings is 1. The Labute approximate surface area is 148 Å². The fraction of sp³-hybridized carbons (Fsp3) is 0.333. The number of benzene rings is 1. The minimum absolute atomic E-state index is 0.220. The molecule has 6 heteroatoms. The Bertz CT molecular complexity index is 632. The zero-order valence-corrected chi connectivity index (χ0v) is 14.3. The van der Waals surface area contributed by atoms with Crippen molar-refractivity contribution in [3.63, 3.8) is 0 Å². The van der Waals surface area contributed by atoms with E-state index in [0.29, 0.717) is 5.11 Å². The van der Waals surface area contributed by atoms with Crippen LogP contribution in [0.15, 0.2) is 54.9 Å². The summed E-state index contributed by atoms with van der Waals surface area (Å²) in [4.78, 5) is 6.68. The lowest BCUT2D eigenvalue weighted by molar-refractivity contribution is 0.0170. The summed E-state index contributed by atoms with van der Waals surface area (Å²) in [7, 11) is 0. The molecule has 1 fully saturated rings. The lowest BCUT2D eigenvalue weighted by Crippen LogP contribution is -2.44. The van der Waals surface area contributed by atoms with Crippen molar-refractivity contribution in [1.29, 1.82) is 0 Å². The molecule has 2 N–H and O–H groups in total. The monoisotopic (exact) mass is 342 g/mol. The maximum absolute atomic E-state index is 5.47. The Balaban J connectivity index is 1.62. The highest BCUT2D eigenvalue weighted by atomic mass is 32.1. The van der Waals surface area contributed by atoms with Crippen molar-refractivity contribution in [3.8, 4) is 0 Å². The zero-order chi connectivity index (χ0) is 16.6. The second kappa shape index (κ2) is 8.73. The first-order chi connectivity index (χ1) is 11.8. The van der Waals surface area contributed by atoms with Gasteiger partial charge in [-0.3, -0.25) is 9.88 Å². The lowest BCUT2D eigenvalue weighted by Gasteiger charge is -2.35. The molecule has 0 saturated carbocycles. The van der Waals surface area contributed by atoms with E-state index in [1.807, 2.05) is 42.6 Å². The predicted molar refractivity (Wildman–Crippen MR) is 100 cm³/mol. The minimum atomic E-state index is 0.220. The van der Waals surface area contributed by atoms with Gasteiger partial charge in [0, 0.05) is 37.7 Å². The summed E-state index contributed by atoms with van der Waals surface area (Å²) in [5, 5.41) is 7.18. The summed E-state index contributed by atoms with van der Waals surface area (Å²) >= 11 is 5.42. The first kappa shape index (κ1) is 16.8. The molecule has 0 spiro atoms. The van der Waals surface area contributed by atoms with Crippen molar-refractivity contribution in [2.24, 2.45) is 0 Å². The van der Waals surface area contributed by atoms with Crippen molar-refractivity contribution in [2.45, 2.75) is 6.04 Å². The van der Waals surface area contributed by atoms with Crippen LogP contribution in [-0.4, -0.2) is 47.8 Å². The SMILES string of the molecule is S=C(NCC(c1cccnc1)N1CCOCC1)Nc1ccccc1. The minimum Gasteiger partial charge on any atom is -0.379 e. The van der Waals surface area contributed by atoms with Crippen LogP contribution in [0.1, 0.15) is 11.6 Å². The Morgan fingerprint density at radius 3 is 2.67 bits per heavy atom. The van der Waals surface area contributed by atoms with E-state index < -0.39 is 0 Å². The molecule has 0 bridgehead atoms. The first-order valence-electron chi connectivity index (χ1n) is 8.14. The van der Waals surface area contributed by atoms with Gasteiger partial charge < -0.3 is 15.4 Å². The van der Waals surface area contributed by atoms with Gasteiger partial charge in [-0.2, -0.15) is 0 Å². The molecule has 126 valence electrons. The number of hydrogen-bond donors (Lipinski definition) is 2. The number of hydrogen-bond acceptors (Lipinski definition) is 4. The number of aromatic nitrogens is 1. The van der Waals surface area contributed by atoms with Crippen LogP contribution in [-0.2, 0) is 4.74 Å². The maximum atomic E-state index is 5.47. The smallest absolute Gasteiger partial charge is 0.170 e. The van der Waals surface area contributed by atoms with Gasteiger partial charge in [0.25, 0.3) is 0 Å². The summed E-state index contributed by atoms with van der Waals surface area (Å²) in [5.41, 5.74) is 2.17. The fourth-order valence-corrected chi connectivity index (χ4v) is 3.01. The summed E-state index contributed by atoms with van der Waals surface area (Å²) in [5.74, 6) is 0. The average molecular weight is 342 g/mol. The van der Waals surface area contributed by atoms with Gasteiger partial charge in [-0.25, -0.2) is 0 Å². The Morgan fingerprint density at radius 2 is 1.96 bits per heavy atom. The quantitative estimate of drug-likeness (QED) is 0.814. The molecule has 0 amide bonds. The maximum Gasteiger partial charge on any atom is 0.170 e. The van der Waals surface area contributed by atoms with Crippen LogP contribution in [0.3, 0.4) is 0 Å². The number of anilines is 1. The summed E-state index contributed by atoms with van der Waals surface area (Å²) in [6, 6.07) is 14.2. The van der Waals surface area contributed by atoms with Crippen molar-refractivity contribution in [3.05, 3.63) is 60.4 Å². The van der Waals surface area contributed by atoms with Crippen LogP contribution in [0.4, 0.5) is 5.69 Å². The highest BCUT2D eigenvalue weighted by molar-refractivity contribution is 7.80. The predicted octanol–water partition coefficient (Wildman–Crippen LogP) is 2.44. The fourth-order valence-electron chi connectivity index (χ4n) is 2.81. The highest BCUT2D eigenvalue weighted by Crippen LogP contribution is 2.20. The van der Waals surface area contributed by atoms with Crippen LogP contribution in [0.2, 0.25) is 0 Å². The van der Waals surface area contributed by atoms with E-state index in [-0.39, 0.29) is 6.04 Å². The Hall–Kier alpha value is -2.02. The number of pyridine rings is 1. The molecule has 2 heterocycles. The number of nitrogens with zero attached hydrogens (tertiary/aromatic N) is 2. The molecule has 1 unspecified atom stereocenters. The van der Waals surface area contributed by atoms with E-state index in [4.69, 9.17) is 17.0 Å². The third-order valence-corrected chi connectivity index (χ3v) is 4.29. The number of rotatable bonds is 5. The van der Waals surface area contributed by atoms with Gasteiger partial charge in [0.15, 0.2) is 5.11 Å². The van der Waals surface area contributed by atoms with Crippen LogP contribution >= 0.6 is 12.2 Å². The van der Waals surface area contributed by atoms with Crippen molar-refractivity contribution >= 4 is 23.0 Å². The van der Waals surface area contributed by atoms with E-state index in [1.54, 1.807) is 6.20 Å². The second-order valence-electron chi connectivity index (χ2n) is 5.65. The molecule has 2 aromatic rings. The van der Waals surface area contributed by atoms with E-state index in [9.17, 15) is 0 Å². The van der Waals surface area contributed by atoms with Gasteiger partial charge >= 0.3 is 0 Å². The molecule has 0 aliphatic carbocycles. The van der Waals surface area contributed by atoms with Crippen molar-refractivity contribution in [2.75, 3.05) is 38.2 Å². The van der Waals surface area contributed by atoms with Gasteiger partial charge in [-0.05, 0) is 36.0 Å². The molecular formula is C18H22N4OS. The first-order valence-corrected chi connectivity index (χ1v) is 8.55. The van der Waals surface area contributed by atoms with Crippen LogP contribution in [0.5, 0.6) is 0 Å². The third kappa shape index (κ3) is 4.74. The molecule has 1 saturated heterocycles. The summed E-state index contributed by atoms with van der Waals surface area (Å²) in [6.45, 7) is 4.09. The summed E-state index contributed by atoms with van der Waals surface area (Å²) < 4.78 is 5.47. The van der Waals surface area contributed by atoms with E-state index in [1.165, 1.54) is 5.56 Å². The van der Waals surface area contributed by atoms with Crippen molar-refractivity contribution in [1.82, 2.24) is 15.2 Å². The molecule has 1 aliphatic rings. The van der Waals surface area contributed by atoms with Gasteiger partial charge in [0.2, 0.25) is 0 Å². The Morgan fingerprint density at radius 1 is 1.17 bits per heavy atom. The average Bonchev–Trinajstić information content (AvgIpc) is 2.64. The topological polar surface area (TPSA) is 49.4 Å². The standard InChI is InChI=1S/C18H22N4OS/c24-18(21-16-6-2-1-3-7-16)20-14-17(15-5-4-8-19-13-15)22-9-11-23-12-10-22/h1-8,13,17H,9-12,14H2,(H2,20,21,24). The van der Waals surface area contributed by atoms with Gasteiger partial charge in [0.05, 0.1) is 19.3 Å². The number of thiocarbonyl (C=S) groups is 1. The molecule has 3 rings (SSSR count). The zero-order valence-electron chi connectivity index (χ0n) is 13.5. The second-order valence-corrected chi connectivity index (χ2v) is 6.06. The molecule has 1 aromatic carbocycles. The van der Waals surface area contributed by atoms with Crippen LogP contribution in [0.25, 0.3) is 0 Å². The third-order valence-electron chi connectivity index (χ3n) is 4.04. The number of ether oxygens (including phenoxy) is 1. The van der Waals surface area contributed by atoms with Crippen molar-refractivity contribution < 1.29 is 4.74 Å². The molecular weight excluding hydrogens is 320 g/mol. The molecule has 1 aliphatic heterocycles. The Kier molecular flexibility index (Phi) is 6.12. The summed E-state index contributed by atoms with van der Waals surface area (Å²) in [6.07, 6.45) is 3.73. The van der Waals surface area contributed by atoms with E-state index in [2.05, 4.69) is 26.6 Å². The largest absolute Gasteiger partial charge is 0.379 e. The van der Waals surface area contributed by atoms with Crippen LogP contribution < -0.4 is 10.6 Å². The van der Waals surface area contributed by atoms with Crippen LogP contribution in [0, 0.1) is 0 Å². The van der Waals surface area contributed by atoms with E-state index >= 15 is 0 Å². The van der Waals surface area contributed by atoms with Gasteiger partial charge in [-0.1, -0.05) is 24.3 Å². The number of nitrogens with one attached hydrogen (secondary N) is 2. The molecule has 1 aromatic heterocycles. The molecule has 5 nitrogen and oxygen atoms in total. The van der Waals surface area contributed by atoms with Gasteiger partial charge in [-0.15, -0.1) is 0 Å². The molecule has 1 atom stereocenters. The van der Waals surface area contributed by atoms with Gasteiger partial charge in [0.1, 0.15) is 0 Å². The normalized spacial score (nSPS) is 16.3. The highest BCUT2D eigenvalue weighted by Gasteiger charge is 2.22. The van der Waals surface area contributed by atoms with E-state index in [0.717, 1.165) is 38.5 Å². The number of para-hydroxylation sites is 1. The molecule has 24 heavy (non-hydrogen) atoms.